The van der Waals surface area contributed by atoms with Gasteiger partial charge < -0.3 is 9.64 Å². The van der Waals surface area contributed by atoms with E-state index in [9.17, 15) is 8.42 Å². The molecule has 2 aromatic carbocycles. The first-order valence-electron chi connectivity index (χ1n) is 7.37. The van der Waals surface area contributed by atoms with Crippen LogP contribution < -0.4 is 9.62 Å². The van der Waals surface area contributed by atoms with Crippen LogP contribution in [0.15, 0.2) is 51.8 Å². The van der Waals surface area contributed by atoms with E-state index in [-0.39, 0.29) is 4.90 Å². The maximum absolute atomic E-state index is 12.7. The third-order valence-corrected chi connectivity index (χ3v) is 6.29. The van der Waals surface area contributed by atoms with Gasteiger partial charge >= 0.3 is 0 Å². The van der Waals surface area contributed by atoms with Crippen molar-refractivity contribution in [3.8, 4) is 0 Å². The minimum absolute atomic E-state index is 0.179. The number of hydrogen-bond donors (Lipinski definition) is 1. The van der Waals surface area contributed by atoms with Gasteiger partial charge in [0, 0.05) is 22.6 Å². The van der Waals surface area contributed by atoms with Crippen LogP contribution >= 0.6 is 27.5 Å². The van der Waals surface area contributed by atoms with E-state index in [1.54, 1.807) is 36.4 Å². The molecule has 0 atom stereocenters. The minimum atomic E-state index is -3.74. The van der Waals surface area contributed by atoms with Crippen LogP contribution in [-0.2, 0) is 14.8 Å². The number of nitrogens with one attached hydrogen (secondary N) is 1. The first kappa shape index (κ1) is 17.5. The molecule has 0 unspecified atom stereocenters. The largest absolute Gasteiger partial charge is 0.378 e. The van der Waals surface area contributed by atoms with Crippen molar-refractivity contribution in [3.63, 3.8) is 0 Å². The molecule has 1 aliphatic heterocycles. The molecule has 0 amide bonds. The van der Waals surface area contributed by atoms with E-state index < -0.39 is 10.0 Å². The van der Waals surface area contributed by atoms with Gasteiger partial charge in [0.05, 0.1) is 24.6 Å². The molecule has 0 bridgehead atoms. The van der Waals surface area contributed by atoms with Gasteiger partial charge in [-0.05, 0) is 46.3 Å². The number of hydrogen-bond acceptors (Lipinski definition) is 4. The zero-order chi connectivity index (χ0) is 17.2. The zero-order valence-corrected chi connectivity index (χ0v) is 15.9. The van der Waals surface area contributed by atoms with Crippen molar-refractivity contribution in [1.82, 2.24) is 0 Å². The summed E-state index contributed by atoms with van der Waals surface area (Å²) in [7, 11) is -3.74. The molecule has 128 valence electrons. The second kappa shape index (κ2) is 7.31. The van der Waals surface area contributed by atoms with Crippen molar-refractivity contribution < 1.29 is 13.2 Å². The summed E-state index contributed by atoms with van der Waals surface area (Å²) in [5.41, 5.74) is 1.25. The molecule has 2 aromatic rings. The van der Waals surface area contributed by atoms with Gasteiger partial charge in [0.15, 0.2) is 0 Å². The van der Waals surface area contributed by atoms with E-state index in [1.807, 2.05) is 6.07 Å². The second-order valence-electron chi connectivity index (χ2n) is 5.30. The predicted octanol–water partition coefficient (Wildman–Crippen LogP) is 3.74. The van der Waals surface area contributed by atoms with E-state index >= 15 is 0 Å². The Morgan fingerprint density at radius 3 is 2.54 bits per heavy atom. The highest BCUT2D eigenvalue weighted by Crippen LogP contribution is 2.32. The summed E-state index contributed by atoms with van der Waals surface area (Å²) in [6.45, 7) is 2.62. The second-order valence-corrected chi connectivity index (χ2v) is 8.24. The van der Waals surface area contributed by atoms with E-state index in [0.717, 1.165) is 5.69 Å². The van der Waals surface area contributed by atoms with Crippen molar-refractivity contribution in [2.45, 2.75) is 4.90 Å². The van der Waals surface area contributed by atoms with Gasteiger partial charge in [0.25, 0.3) is 10.0 Å². The van der Waals surface area contributed by atoms with Crippen LogP contribution in [0.4, 0.5) is 11.4 Å². The number of halogens is 2. The number of sulfonamides is 1. The standard InChI is InChI=1S/C16H16BrClN2O3S/c17-13-3-1-2-4-16(13)24(21,22)19-14-11-12(18)5-6-15(14)20-7-9-23-10-8-20/h1-6,11,19H,7-10H2. The van der Waals surface area contributed by atoms with Crippen LogP contribution in [0.1, 0.15) is 0 Å². The van der Waals surface area contributed by atoms with Crippen LogP contribution in [0.3, 0.4) is 0 Å². The molecule has 1 saturated heterocycles. The Bertz CT molecular complexity index is 839. The Hall–Kier alpha value is -1.28. The number of nitrogens with zero attached hydrogens (tertiary/aromatic N) is 1. The van der Waals surface area contributed by atoms with Crippen LogP contribution in [0.5, 0.6) is 0 Å². The topological polar surface area (TPSA) is 58.6 Å². The molecule has 0 aliphatic carbocycles. The zero-order valence-electron chi connectivity index (χ0n) is 12.7. The van der Waals surface area contributed by atoms with Gasteiger partial charge in [0.2, 0.25) is 0 Å². The van der Waals surface area contributed by atoms with Crippen LogP contribution in [0, 0.1) is 0 Å². The summed E-state index contributed by atoms with van der Waals surface area (Å²) < 4.78 is 34.0. The Kier molecular flexibility index (Phi) is 5.34. The maximum Gasteiger partial charge on any atom is 0.263 e. The molecule has 0 saturated carbocycles. The molecule has 1 N–H and O–H groups in total. The molecule has 0 radical (unpaired) electrons. The molecule has 0 aromatic heterocycles. The molecule has 8 heteroatoms. The molecule has 0 spiro atoms. The summed E-state index contributed by atoms with van der Waals surface area (Å²) in [5, 5.41) is 0.469. The van der Waals surface area contributed by atoms with E-state index in [1.165, 1.54) is 0 Å². The number of rotatable bonds is 4. The summed E-state index contributed by atoms with van der Waals surface area (Å²) in [5.74, 6) is 0. The van der Waals surface area contributed by atoms with Gasteiger partial charge in [-0.1, -0.05) is 23.7 Å². The third kappa shape index (κ3) is 3.85. The first-order valence-corrected chi connectivity index (χ1v) is 10.0. The predicted molar refractivity (Wildman–Crippen MR) is 99.4 cm³/mol. The Labute approximate surface area is 154 Å². The summed E-state index contributed by atoms with van der Waals surface area (Å²) in [6, 6.07) is 11.9. The lowest BCUT2D eigenvalue weighted by Gasteiger charge is -2.30. The maximum atomic E-state index is 12.7. The van der Waals surface area contributed by atoms with Crippen LogP contribution in [0.2, 0.25) is 5.02 Å². The Balaban J connectivity index is 1.97. The highest BCUT2D eigenvalue weighted by Gasteiger charge is 2.21. The minimum Gasteiger partial charge on any atom is -0.378 e. The van der Waals surface area contributed by atoms with Gasteiger partial charge in [0.1, 0.15) is 4.90 Å². The van der Waals surface area contributed by atoms with Gasteiger partial charge in [-0.2, -0.15) is 0 Å². The fourth-order valence-corrected chi connectivity index (χ4v) is 4.77. The summed E-state index contributed by atoms with van der Waals surface area (Å²) in [6.07, 6.45) is 0. The van der Waals surface area contributed by atoms with Crippen molar-refractivity contribution in [3.05, 3.63) is 52.0 Å². The molecule has 1 aliphatic rings. The SMILES string of the molecule is O=S(=O)(Nc1cc(Cl)ccc1N1CCOCC1)c1ccccc1Br. The lowest BCUT2D eigenvalue weighted by molar-refractivity contribution is 0.123. The lowest BCUT2D eigenvalue weighted by Crippen LogP contribution is -2.36. The number of benzene rings is 2. The molecule has 3 rings (SSSR count). The fourth-order valence-electron chi connectivity index (χ4n) is 2.53. The van der Waals surface area contributed by atoms with E-state index in [0.29, 0.717) is 41.5 Å². The summed E-state index contributed by atoms with van der Waals surface area (Å²) >= 11 is 9.36. The van der Waals surface area contributed by atoms with Crippen LogP contribution in [-0.4, -0.2) is 34.7 Å². The normalized spacial score (nSPS) is 15.3. The number of morpholine rings is 1. The third-order valence-electron chi connectivity index (χ3n) is 3.68. The Morgan fingerprint density at radius 1 is 1.12 bits per heavy atom. The van der Waals surface area contributed by atoms with E-state index in [2.05, 4.69) is 25.6 Å². The average Bonchev–Trinajstić information content (AvgIpc) is 2.55. The Morgan fingerprint density at radius 2 is 1.83 bits per heavy atom. The molecule has 1 heterocycles. The van der Waals surface area contributed by atoms with Gasteiger partial charge in [-0.15, -0.1) is 0 Å². The van der Waals surface area contributed by atoms with Crippen molar-refractivity contribution >= 4 is 48.9 Å². The molecular weight excluding hydrogens is 416 g/mol. The summed E-state index contributed by atoms with van der Waals surface area (Å²) in [4.78, 5) is 2.26. The van der Waals surface area contributed by atoms with Gasteiger partial charge in [-0.3, -0.25) is 4.72 Å². The molecule has 24 heavy (non-hydrogen) atoms. The average molecular weight is 432 g/mol. The molecule has 1 fully saturated rings. The fraction of sp³-hybridized carbons (Fsp3) is 0.250. The highest BCUT2D eigenvalue weighted by atomic mass is 79.9. The monoisotopic (exact) mass is 430 g/mol. The quantitative estimate of drug-likeness (QED) is 0.801. The van der Waals surface area contributed by atoms with Gasteiger partial charge in [-0.25, -0.2) is 8.42 Å². The highest BCUT2D eigenvalue weighted by molar-refractivity contribution is 9.10. The first-order chi connectivity index (χ1) is 11.5. The van der Waals surface area contributed by atoms with Crippen molar-refractivity contribution in [2.75, 3.05) is 35.9 Å². The molecule has 5 nitrogen and oxygen atoms in total. The lowest BCUT2D eigenvalue weighted by atomic mass is 10.2. The van der Waals surface area contributed by atoms with Crippen LogP contribution in [0.25, 0.3) is 0 Å². The smallest absolute Gasteiger partial charge is 0.263 e. The molecular formula is C16H16BrClN2O3S. The van der Waals surface area contributed by atoms with E-state index in [4.69, 9.17) is 16.3 Å². The number of anilines is 2. The number of ether oxygens (including phenoxy) is 1. The van der Waals surface area contributed by atoms with Crippen molar-refractivity contribution in [2.24, 2.45) is 0 Å². The van der Waals surface area contributed by atoms with Crippen molar-refractivity contribution in [1.29, 1.82) is 0 Å².